The molecule has 1 saturated carbocycles. The Morgan fingerprint density at radius 1 is 1.24 bits per heavy atom. The lowest BCUT2D eigenvalue weighted by Gasteiger charge is -2.35. The van der Waals surface area contributed by atoms with Crippen molar-refractivity contribution in [1.82, 2.24) is 15.3 Å². The zero-order chi connectivity index (χ0) is 24.1. The van der Waals surface area contributed by atoms with E-state index in [9.17, 15) is 14.7 Å². The van der Waals surface area contributed by atoms with Crippen molar-refractivity contribution < 1.29 is 19.4 Å². The number of nitrogens with zero attached hydrogens (tertiary/aromatic N) is 2. The lowest BCUT2D eigenvalue weighted by atomic mass is 9.79. The Morgan fingerprint density at radius 3 is 2.79 bits per heavy atom. The third-order valence-electron chi connectivity index (χ3n) is 6.68. The lowest BCUT2D eigenvalue weighted by molar-refractivity contribution is -0.140. The molecule has 1 fully saturated rings. The second kappa shape index (κ2) is 11.6. The number of carbonyl (C=O) groups excluding carboxylic acids is 1. The molecule has 1 amide bonds. The van der Waals surface area contributed by atoms with E-state index in [0.717, 1.165) is 38.5 Å². The van der Waals surface area contributed by atoms with Crippen molar-refractivity contribution in [2.75, 3.05) is 6.61 Å². The molecule has 0 unspecified atom stereocenters. The van der Waals surface area contributed by atoms with Gasteiger partial charge in [-0.1, -0.05) is 17.7 Å². The van der Waals surface area contributed by atoms with E-state index in [2.05, 4.69) is 38.4 Å². The van der Waals surface area contributed by atoms with Crippen LogP contribution in [0.3, 0.4) is 0 Å². The van der Waals surface area contributed by atoms with Crippen LogP contribution in [-0.4, -0.2) is 45.7 Å². The summed E-state index contributed by atoms with van der Waals surface area (Å²) >= 11 is 9.27. The summed E-state index contributed by atoms with van der Waals surface area (Å²) in [5, 5.41) is 12.2. The molecule has 2 heterocycles. The molecule has 1 atom stereocenters. The summed E-state index contributed by atoms with van der Waals surface area (Å²) < 4.78 is 6.28. The fourth-order valence-electron chi connectivity index (χ4n) is 4.63. The van der Waals surface area contributed by atoms with Crippen molar-refractivity contribution in [1.29, 1.82) is 0 Å². The van der Waals surface area contributed by atoms with Crippen molar-refractivity contribution in [2.45, 2.75) is 69.9 Å². The molecular weight excluding hydrogens is 522 g/mol. The van der Waals surface area contributed by atoms with Crippen LogP contribution in [0.5, 0.6) is 0 Å². The molecule has 0 radical (unpaired) electrons. The summed E-state index contributed by atoms with van der Waals surface area (Å²) in [7, 11) is 0. The van der Waals surface area contributed by atoms with Gasteiger partial charge in [0.15, 0.2) is 0 Å². The van der Waals surface area contributed by atoms with E-state index in [-0.39, 0.29) is 29.7 Å². The van der Waals surface area contributed by atoms with E-state index in [1.807, 2.05) is 0 Å². The van der Waals surface area contributed by atoms with Crippen molar-refractivity contribution in [3.05, 3.63) is 56.5 Å². The van der Waals surface area contributed by atoms with Crippen molar-refractivity contribution >= 4 is 39.4 Å². The van der Waals surface area contributed by atoms with Gasteiger partial charge in [-0.05, 0) is 84.8 Å². The second-order valence-electron chi connectivity index (χ2n) is 9.12. The molecule has 2 aliphatic carbocycles. The molecule has 0 aliphatic heterocycles. The Kier molecular flexibility index (Phi) is 8.55. The van der Waals surface area contributed by atoms with Gasteiger partial charge in [0.2, 0.25) is 0 Å². The Bertz CT molecular complexity index is 1020. The average Bonchev–Trinajstić information content (AvgIpc) is 2.78. The highest BCUT2D eigenvalue weighted by Gasteiger charge is 2.30. The highest BCUT2D eigenvalue weighted by atomic mass is 79.9. The van der Waals surface area contributed by atoms with Crippen LogP contribution in [0.15, 0.2) is 29.0 Å². The van der Waals surface area contributed by atoms with Gasteiger partial charge in [0, 0.05) is 36.8 Å². The molecule has 9 heteroatoms. The topological polar surface area (TPSA) is 101 Å². The maximum Gasteiger partial charge on any atom is 0.326 e. The maximum absolute atomic E-state index is 12.5. The molecule has 4 rings (SSSR count). The average molecular weight is 551 g/mol. The van der Waals surface area contributed by atoms with Gasteiger partial charge in [-0.15, -0.1) is 0 Å². The number of ether oxygens (including phenoxy) is 1. The summed E-state index contributed by atoms with van der Waals surface area (Å²) in [6.45, 7) is 0.270. The van der Waals surface area contributed by atoms with E-state index in [1.54, 1.807) is 0 Å². The number of amides is 1. The molecule has 34 heavy (non-hydrogen) atoms. The van der Waals surface area contributed by atoms with Crippen LogP contribution in [0.1, 0.15) is 65.8 Å². The van der Waals surface area contributed by atoms with Crippen LogP contribution in [-0.2, 0) is 28.8 Å². The first kappa shape index (κ1) is 25.1. The van der Waals surface area contributed by atoms with Gasteiger partial charge in [-0.3, -0.25) is 14.8 Å². The molecular formula is C25H29BrClN3O4. The summed E-state index contributed by atoms with van der Waals surface area (Å²) in [5.41, 5.74) is 4.06. The number of hydrogen-bond acceptors (Lipinski definition) is 5. The van der Waals surface area contributed by atoms with Gasteiger partial charge in [0.25, 0.3) is 5.91 Å². The van der Waals surface area contributed by atoms with Gasteiger partial charge in [0.05, 0.1) is 21.2 Å². The van der Waals surface area contributed by atoms with Crippen LogP contribution in [0, 0.1) is 5.92 Å². The first-order valence-electron chi connectivity index (χ1n) is 11.8. The van der Waals surface area contributed by atoms with Gasteiger partial charge in [-0.2, -0.15) is 0 Å². The third-order valence-corrected chi connectivity index (χ3v) is 7.57. The molecule has 182 valence electrons. The van der Waals surface area contributed by atoms with Gasteiger partial charge < -0.3 is 15.2 Å². The Balaban J connectivity index is 1.17. The molecule has 2 N–H and O–H groups in total. The minimum atomic E-state index is -1.11. The highest BCUT2D eigenvalue weighted by Crippen LogP contribution is 2.34. The van der Waals surface area contributed by atoms with Crippen LogP contribution in [0.4, 0.5) is 0 Å². The molecule has 7 nitrogen and oxygen atoms in total. The van der Waals surface area contributed by atoms with Crippen molar-refractivity contribution in [3.63, 3.8) is 0 Å². The monoisotopic (exact) mass is 549 g/mol. The number of pyridine rings is 2. The SMILES string of the molecule is O=C(N[C@@H](CCOC1CC(CCc2ccc3c(n2)CCCC3)C1)C(=O)O)c1c(Cl)cncc1Br. The smallest absolute Gasteiger partial charge is 0.326 e. The van der Waals surface area contributed by atoms with Gasteiger partial charge in [-0.25, -0.2) is 4.79 Å². The predicted octanol–water partition coefficient (Wildman–Crippen LogP) is 4.77. The molecule has 0 bridgehead atoms. The normalized spacial score (nSPS) is 20.2. The molecule has 2 aromatic heterocycles. The number of aromatic nitrogens is 2. The number of halogens is 2. The predicted molar refractivity (Wildman–Crippen MR) is 132 cm³/mol. The minimum Gasteiger partial charge on any atom is -0.480 e. The number of nitrogens with one attached hydrogen (secondary N) is 1. The molecule has 0 spiro atoms. The summed E-state index contributed by atoms with van der Waals surface area (Å²) in [6, 6.07) is 3.37. The second-order valence-corrected chi connectivity index (χ2v) is 10.4. The number of aliphatic carboxylic acids is 1. The number of hydrogen-bond donors (Lipinski definition) is 2. The minimum absolute atomic E-state index is 0.149. The number of aryl methyl sites for hydroxylation is 3. The maximum atomic E-state index is 12.5. The van der Waals surface area contributed by atoms with Crippen LogP contribution in [0.2, 0.25) is 5.02 Å². The third kappa shape index (κ3) is 6.34. The van der Waals surface area contributed by atoms with E-state index >= 15 is 0 Å². The Morgan fingerprint density at radius 2 is 2.03 bits per heavy atom. The zero-order valence-electron chi connectivity index (χ0n) is 18.9. The fourth-order valence-corrected chi connectivity index (χ4v) is 5.50. The van der Waals surface area contributed by atoms with E-state index in [1.165, 1.54) is 42.2 Å². The van der Waals surface area contributed by atoms with E-state index in [4.69, 9.17) is 21.3 Å². The Labute approximate surface area is 212 Å². The van der Waals surface area contributed by atoms with Crippen molar-refractivity contribution in [3.8, 4) is 0 Å². The summed E-state index contributed by atoms with van der Waals surface area (Å²) in [4.78, 5) is 32.9. The molecule has 0 saturated heterocycles. The number of carboxylic acids is 1. The number of rotatable bonds is 10. The van der Waals surface area contributed by atoms with Crippen molar-refractivity contribution in [2.24, 2.45) is 5.92 Å². The standard InChI is InChI=1S/C25H29BrClN3O4/c26-19-13-28-14-20(27)23(19)24(31)30-22(25(32)33)9-10-34-18-11-15(12-18)5-7-17-8-6-16-3-1-2-4-21(16)29-17/h6,8,13-15,18,22H,1-5,7,9-12H2,(H,30,31)(H,32,33)/t15?,18?,22-/m0/s1. The van der Waals surface area contributed by atoms with E-state index in [0.29, 0.717) is 10.4 Å². The summed E-state index contributed by atoms with van der Waals surface area (Å²) in [5.74, 6) is -1.06. The largest absolute Gasteiger partial charge is 0.480 e. The number of carboxylic acid groups (broad SMARTS) is 1. The van der Waals surface area contributed by atoms with Crippen LogP contribution in [0.25, 0.3) is 0 Å². The van der Waals surface area contributed by atoms with Gasteiger partial charge in [0.1, 0.15) is 6.04 Å². The lowest BCUT2D eigenvalue weighted by Crippen LogP contribution is -2.42. The van der Waals surface area contributed by atoms with Gasteiger partial charge >= 0.3 is 5.97 Å². The summed E-state index contributed by atoms with van der Waals surface area (Å²) in [6.07, 6.45) is 11.9. The molecule has 2 aliphatic rings. The first-order chi connectivity index (χ1) is 16.4. The molecule has 2 aromatic rings. The molecule has 0 aromatic carbocycles. The van der Waals surface area contributed by atoms with E-state index < -0.39 is 17.9 Å². The number of carbonyl (C=O) groups is 2. The number of fused-ring (bicyclic) bond motifs is 1. The van der Waals surface area contributed by atoms with Crippen LogP contribution < -0.4 is 5.32 Å². The van der Waals surface area contributed by atoms with Crippen LogP contribution >= 0.6 is 27.5 Å². The zero-order valence-corrected chi connectivity index (χ0v) is 21.3. The Hall–Kier alpha value is -2.03. The quantitative estimate of drug-likeness (QED) is 0.442. The fraction of sp³-hybridized carbons (Fsp3) is 0.520. The first-order valence-corrected chi connectivity index (χ1v) is 13.0. The highest BCUT2D eigenvalue weighted by molar-refractivity contribution is 9.10.